The Morgan fingerprint density at radius 2 is 1.90 bits per heavy atom. The Kier molecular flexibility index (Phi) is 4.75. The maximum atomic E-state index is 11.9. The molecule has 0 aromatic carbocycles. The normalized spacial score (nSPS) is 26.1. The highest BCUT2D eigenvalue weighted by Crippen LogP contribution is 2.41. The minimum Gasteiger partial charge on any atom is -0.376 e. The van der Waals surface area contributed by atoms with Crippen LogP contribution < -0.4 is 11.1 Å². The van der Waals surface area contributed by atoms with Gasteiger partial charge in [0.25, 0.3) is 0 Å². The number of carbonyl (C=O) groups is 1. The van der Waals surface area contributed by atoms with Crippen LogP contribution in [0.4, 0.5) is 0 Å². The number of amides is 1. The Morgan fingerprint density at radius 3 is 2.35 bits per heavy atom. The van der Waals surface area contributed by atoms with Crippen LogP contribution in [0.25, 0.3) is 0 Å². The van der Waals surface area contributed by atoms with Gasteiger partial charge < -0.3 is 15.8 Å². The number of rotatable bonds is 7. The second kappa shape index (κ2) is 6.02. The molecule has 0 bridgehead atoms. The molecule has 0 heterocycles. The van der Waals surface area contributed by atoms with E-state index < -0.39 is 5.54 Å². The zero-order chi connectivity index (χ0) is 14.8. The van der Waals surface area contributed by atoms with Gasteiger partial charge in [0, 0.05) is 0 Å². The van der Waals surface area contributed by atoms with Crippen LogP contribution in [-0.4, -0.2) is 30.7 Å². The minimum absolute atomic E-state index is 0.252. The highest BCUT2D eigenvalue weighted by molar-refractivity contribution is 5.85. The highest BCUT2D eigenvalue weighted by Gasteiger charge is 2.50. The van der Waals surface area contributed by atoms with Gasteiger partial charge in [0.05, 0.1) is 12.7 Å². The van der Waals surface area contributed by atoms with E-state index in [0.717, 1.165) is 32.2 Å². The molecule has 2 aliphatic carbocycles. The Morgan fingerprint density at radius 1 is 1.30 bits per heavy atom. The van der Waals surface area contributed by atoms with E-state index in [0.29, 0.717) is 24.0 Å². The van der Waals surface area contributed by atoms with Crippen LogP contribution in [0.3, 0.4) is 0 Å². The van der Waals surface area contributed by atoms with Gasteiger partial charge in [0.1, 0.15) is 5.54 Å². The summed E-state index contributed by atoms with van der Waals surface area (Å²) in [7, 11) is 0. The topological polar surface area (TPSA) is 64.3 Å². The van der Waals surface area contributed by atoms with Gasteiger partial charge in [0.15, 0.2) is 0 Å². The van der Waals surface area contributed by atoms with Crippen LogP contribution in [-0.2, 0) is 9.53 Å². The third kappa shape index (κ3) is 3.53. The number of primary amides is 1. The smallest absolute Gasteiger partial charge is 0.240 e. The highest BCUT2D eigenvalue weighted by atomic mass is 16.5. The Bertz CT molecular complexity index is 342. The lowest BCUT2D eigenvalue weighted by molar-refractivity contribution is -0.130. The Balaban J connectivity index is 1.91. The first kappa shape index (κ1) is 15.8. The summed E-state index contributed by atoms with van der Waals surface area (Å²) in [6.07, 6.45) is 7.04. The lowest BCUT2D eigenvalue weighted by Gasteiger charge is -2.37. The molecule has 0 aromatic rings. The molecule has 4 heteroatoms. The largest absolute Gasteiger partial charge is 0.376 e. The van der Waals surface area contributed by atoms with Crippen LogP contribution >= 0.6 is 0 Å². The first-order valence-electron chi connectivity index (χ1n) is 8.06. The first-order valence-corrected chi connectivity index (χ1v) is 8.06. The van der Waals surface area contributed by atoms with Gasteiger partial charge >= 0.3 is 0 Å². The van der Waals surface area contributed by atoms with Crippen molar-refractivity contribution in [2.45, 2.75) is 70.9 Å². The molecular weight excluding hydrogens is 252 g/mol. The van der Waals surface area contributed by atoms with Crippen molar-refractivity contribution in [1.82, 2.24) is 5.32 Å². The SMILES string of the molecule is CCNC(COC1CCC(C)(C)CC1)(C(N)=O)C1CC1. The van der Waals surface area contributed by atoms with Gasteiger partial charge in [-0.25, -0.2) is 0 Å². The van der Waals surface area contributed by atoms with Crippen LogP contribution in [0.5, 0.6) is 0 Å². The van der Waals surface area contributed by atoms with Crippen molar-refractivity contribution in [3.63, 3.8) is 0 Å². The second-order valence-electron chi connectivity index (χ2n) is 7.31. The first-order chi connectivity index (χ1) is 9.39. The molecule has 4 nitrogen and oxygen atoms in total. The Hall–Kier alpha value is -0.610. The van der Waals surface area contributed by atoms with E-state index >= 15 is 0 Å². The van der Waals surface area contributed by atoms with Gasteiger partial charge in [-0.2, -0.15) is 0 Å². The van der Waals surface area contributed by atoms with Crippen LogP contribution in [0.2, 0.25) is 0 Å². The number of hydrogen-bond donors (Lipinski definition) is 2. The van der Waals surface area contributed by atoms with Gasteiger partial charge in [0.2, 0.25) is 5.91 Å². The monoisotopic (exact) mass is 282 g/mol. The van der Waals surface area contributed by atoms with Crippen LogP contribution in [0, 0.1) is 11.3 Å². The standard InChI is InChI=1S/C16H30N2O2/c1-4-18-16(14(17)19,12-5-6-12)11-20-13-7-9-15(2,3)10-8-13/h12-13,18H,4-11H2,1-3H3,(H2,17,19). The van der Waals surface area contributed by atoms with E-state index in [4.69, 9.17) is 10.5 Å². The predicted octanol–water partition coefficient (Wildman–Crippen LogP) is 2.22. The maximum absolute atomic E-state index is 11.9. The maximum Gasteiger partial charge on any atom is 0.240 e. The summed E-state index contributed by atoms with van der Waals surface area (Å²) in [5.41, 5.74) is 5.48. The van der Waals surface area contributed by atoms with Crippen molar-refractivity contribution < 1.29 is 9.53 Å². The minimum atomic E-state index is -0.637. The van der Waals surface area contributed by atoms with Gasteiger partial charge in [-0.15, -0.1) is 0 Å². The third-order valence-electron chi connectivity index (χ3n) is 5.04. The van der Waals surface area contributed by atoms with E-state index in [9.17, 15) is 4.79 Å². The van der Waals surface area contributed by atoms with Crippen molar-refractivity contribution in [2.75, 3.05) is 13.2 Å². The van der Waals surface area contributed by atoms with E-state index in [2.05, 4.69) is 19.2 Å². The number of ether oxygens (including phenoxy) is 1. The summed E-state index contributed by atoms with van der Waals surface area (Å²) in [6.45, 7) is 7.84. The summed E-state index contributed by atoms with van der Waals surface area (Å²) < 4.78 is 6.09. The van der Waals surface area contributed by atoms with Crippen molar-refractivity contribution in [3.8, 4) is 0 Å². The zero-order valence-corrected chi connectivity index (χ0v) is 13.2. The molecule has 0 aromatic heterocycles. The number of nitrogens with one attached hydrogen (secondary N) is 1. The molecule has 2 fully saturated rings. The average Bonchev–Trinajstić information content (AvgIpc) is 3.20. The van der Waals surface area contributed by atoms with Crippen molar-refractivity contribution in [3.05, 3.63) is 0 Å². The van der Waals surface area contributed by atoms with Crippen LogP contribution in [0.1, 0.15) is 59.3 Å². The summed E-state index contributed by atoms with van der Waals surface area (Å²) in [5.74, 6) is 0.109. The lowest BCUT2D eigenvalue weighted by atomic mass is 9.76. The molecule has 116 valence electrons. The number of carbonyl (C=O) groups excluding carboxylic acids is 1. The predicted molar refractivity (Wildman–Crippen MR) is 80.3 cm³/mol. The molecule has 2 aliphatic rings. The lowest BCUT2D eigenvalue weighted by Crippen LogP contribution is -2.60. The molecule has 2 saturated carbocycles. The third-order valence-corrected chi connectivity index (χ3v) is 5.04. The van der Waals surface area contributed by atoms with E-state index in [1.54, 1.807) is 0 Å². The molecule has 1 amide bonds. The van der Waals surface area contributed by atoms with Gasteiger partial charge in [-0.3, -0.25) is 4.79 Å². The van der Waals surface area contributed by atoms with Crippen molar-refractivity contribution in [1.29, 1.82) is 0 Å². The molecule has 0 aliphatic heterocycles. The average molecular weight is 282 g/mol. The summed E-state index contributed by atoms with van der Waals surface area (Å²) in [6, 6.07) is 0. The van der Waals surface area contributed by atoms with Crippen molar-refractivity contribution >= 4 is 5.91 Å². The fourth-order valence-corrected chi connectivity index (χ4v) is 3.35. The molecule has 0 radical (unpaired) electrons. The van der Waals surface area contributed by atoms with E-state index in [1.807, 2.05) is 6.92 Å². The fourth-order valence-electron chi connectivity index (χ4n) is 3.35. The Labute approximate surface area is 122 Å². The molecule has 1 unspecified atom stereocenters. The summed E-state index contributed by atoms with van der Waals surface area (Å²) in [5, 5.41) is 3.31. The molecule has 1 atom stereocenters. The quantitative estimate of drug-likeness (QED) is 0.752. The molecule has 2 rings (SSSR count). The van der Waals surface area contributed by atoms with Crippen LogP contribution in [0.15, 0.2) is 0 Å². The van der Waals surface area contributed by atoms with Gasteiger partial charge in [-0.05, 0) is 56.4 Å². The van der Waals surface area contributed by atoms with E-state index in [1.165, 1.54) is 12.8 Å². The zero-order valence-electron chi connectivity index (χ0n) is 13.2. The molecule has 20 heavy (non-hydrogen) atoms. The van der Waals surface area contributed by atoms with Gasteiger partial charge in [-0.1, -0.05) is 20.8 Å². The van der Waals surface area contributed by atoms with E-state index in [-0.39, 0.29) is 5.91 Å². The molecule has 0 spiro atoms. The number of hydrogen-bond acceptors (Lipinski definition) is 3. The number of nitrogens with two attached hydrogens (primary N) is 1. The molecule has 0 saturated heterocycles. The molecular formula is C16H30N2O2. The summed E-state index contributed by atoms with van der Waals surface area (Å²) in [4.78, 5) is 11.9. The number of likely N-dealkylation sites (N-methyl/N-ethyl adjacent to an activating group) is 1. The second-order valence-corrected chi connectivity index (χ2v) is 7.31. The fraction of sp³-hybridized carbons (Fsp3) is 0.938. The van der Waals surface area contributed by atoms with Crippen molar-refractivity contribution in [2.24, 2.45) is 17.1 Å². The molecule has 3 N–H and O–H groups in total. The summed E-state index contributed by atoms with van der Waals surface area (Å²) >= 11 is 0.